The Balaban J connectivity index is 2.46. The molecule has 0 unspecified atom stereocenters. The fraction of sp³-hybridized carbons (Fsp3) is 0.333. The van der Waals surface area contributed by atoms with Gasteiger partial charge >= 0.3 is 12.1 Å². The van der Waals surface area contributed by atoms with Crippen LogP contribution in [0.4, 0.5) is 4.79 Å². The van der Waals surface area contributed by atoms with Gasteiger partial charge in [-0.2, -0.15) is 0 Å². The number of nitrogens with one attached hydrogen (secondary N) is 1. The Morgan fingerprint density at radius 2 is 1.90 bits per heavy atom. The van der Waals surface area contributed by atoms with Crippen LogP contribution in [-0.4, -0.2) is 24.7 Å². The largest absolute Gasteiger partial charge is 0.460 e. The van der Waals surface area contributed by atoms with Crippen molar-refractivity contribution in [1.29, 1.82) is 0 Å². The van der Waals surface area contributed by atoms with Crippen LogP contribution in [0, 0.1) is 13.8 Å². The van der Waals surface area contributed by atoms with E-state index in [0.29, 0.717) is 5.75 Å². The highest BCUT2D eigenvalue weighted by Gasteiger charge is 2.11. The third kappa shape index (κ3) is 5.56. The van der Waals surface area contributed by atoms with E-state index in [1.54, 1.807) is 19.1 Å². The van der Waals surface area contributed by atoms with E-state index in [1.165, 1.54) is 0 Å². The predicted molar refractivity (Wildman–Crippen MR) is 75.7 cm³/mol. The highest BCUT2D eigenvalue weighted by molar-refractivity contribution is 5.81. The summed E-state index contributed by atoms with van der Waals surface area (Å²) in [6.07, 6.45) is 0.484. The van der Waals surface area contributed by atoms with Crippen LogP contribution in [0.2, 0.25) is 0 Å². The van der Waals surface area contributed by atoms with E-state index in [2.05, 4.69) is 11.9 Å². The summed E-state index contributed by atoms with van der Waals surface area (Å²) in [6.45, 7) is 8.91. The third-order valence-electron chi connectivity index (χ3n) is 2.41. The smallest absolute Gasteiger partial charge is 0.412 e. The first kappa shape index (κ1) is 15.8. The van der Waals surface area contributed by atoms with Gasteiger partial charge in [-0.15, -0.1) is 0 Å². The molecule has 0 aromatic heterocycles. The zero-order valence-electron chi connectivity index (χ0n) is 11.9. The molecule has 108 valence electrons. The van der Waals surface area contributed by atoms with Gasteiger partial charge in [0.1, 0.15) is 12.4 Å². The molecule has 0 bridgehead atoms. The van der Waals surface area contributed by atoms with Gasteiger partial charge in [-0.25, -0.2) is 9.59 Å². The molecule has 0 saturated heterocycles. The van der Waals surface area contributed by atoms with Crippen molar-refractivity contribution in [2.45, 2.75) is 26.8 Å². The average Bonchev–Trinajstić information content (AvgIpc) is 2.34. The van der Waals surface area contributed by atoms with Crippen LogP contribution in [0.25, 0.3) is 0 Å². The lowest BCUT2D eigenvalue weighted by Crippen LogP contribution is -2.38. The van der Waals surface area contributed by atoms with E-state index in [9.17, 15) is 9.59 Å². The van der Waals surface area contributed by atoms with Crippen molar-refractivity contribution in [3.05, 3.63) is 42.0 Å². The molecule has 0 fully saturated rings. The minimum atomic E-state index is -0.586. The summed E-state index contributed by atoms with van der Waals surface area (Å²) >= 11 is 0. The lowest BCUT2D eigenvalue weighted by molar-refractivity contribution is -0.138. The first-order chi connectivity index (χ1) is 9.40. The predicted octanol–water partition coefficient (Wildman–Crippen LogP) is 2.51. The van der Waals surface area contributed by atoms with E-state index >= 15 is 0 Å². The van der Waals surface area contributed by atoms with Crippen LogP contribution in [0.1, 0.15) is 18.1 Å². The second kappa shape index (κ2) is 7.33. The maximum atomic E-state index is 11.7. The molecule has 0 saturated carbocycles. The molecular weight excluding hydrogens is 258 g/mol. The van der Waals surface area contributed by atoms with E-state index < -0.39 is 12.1 Å². The lowest BCUT2D eigenvalue weighted by Gasteiger charge is -2.14. The summed E-state index contributed by atoms with van der Waals surface area (Å²) in [4.78, 5) is 22.5. The Kier molecular flexibility index (Phi) is 5.77. The molecule has 1 atom stereocenters. The number of aryl methyl sites for hydroxylation is 2. The van der Waals surface area contributed by atoms with Gasteiger partial charge in [0, 0.05) is 6.08 Å². The number of hydrogen-bond donors (Lipinski definition) is 1. The summed E-state index contributed by atoms with van der Waals surface area (Å²) in [5.74, 6) is -0.0448. The van der Waals surface area contributed by atoms with Gasteiger partial charge in [-0.3, -0.25) is 0 Å². The number of benzene rings is 1. The molecule has 1 aromatic rings. The van der Waals surface area contributed by atoms with E-state index in [-0.39, 0.29) is 12.6 Å². The van der Waals surface area contributed by atoms with Gasteiger partial charge in [0.15, 0.2) is 0 Å². The van der Waals surface area contributed by atoms with Crippen LogP contribution >= 0.6 is 0 Å². The minimum absolute atomic E-state index is 0.0623. The van der Waals surface area contributed by atoms with Gasteiger partial charge in [-0.1, -0.05) is 12.6 Å². The Labute approximate surface area is 118 Å². The number of carbonyl (C=O) groups is 2. The standard InChI is InChI=1S/C15H19NO4/c1-5-14(17)19-9-12(4)16-15(18)20-13-7-10(2)6-11(3)8-13/h5-8,12H,1,9H2,2-4H3,(H,16,18)/t12-/m1/s1. The molecule has 1 N–H and O–H groups in total. The Hall–Kier alpha value is -2.30. The van der Waals surface area contributed by atoms with Gasteiger partial charge in [-0.05, 0) is 44.0 Å². The van der Waals surface area contributed by atoms with Crippen LogP contribution in [0.15, 0.2) is 30.9 Å². The van der Waals surface area contributed by atoms with Crippen molar-refractivity contribution in [2.75, 3.05) is 6.61 Å². The Morgan fingerprint density at radius 3 is 2.45 bits per heavy atom. The molecule has 0 spiro atoms. The number of hydrogen-bond acceptors (Lipinski definition) is 4. The third-order valence-corrected chi connectivity index (χ3v) is 2.41. The highest BCUT2D eigenvalue weighted by Crippen LogP contribution is 2.16. The van der Waals surface area contributed by atoms with Crippen molar-refractivity contribution >= 4 is 12.1 Å². The molecule has 0 aliphatic carbocycles. The molecule has 0 aliphatic rings. The van der Waals surface area contributed by atoms with Crippen LogP contribution in [0.3, 0.4) is 0 Å². The Bertz CT molecular complexity index is 490. The fourth-order valence-corrected chi connectivity index (χ4v) is 1.64. The molecule has 0 radical (unpaired) electrons. The van der Waals surface area contributed by atoms with E-state index in [4.69, 9.17) is 9.47 Å². The molecular formula is C15H19NO4. The quantitative estimate of drug-likeness (QED) is 0.663. The maximum absolute atomic E-state index is 11.7. The summed E-state index contributed by atoms with van der Waals surface area (Å²) in [5.41, 5.74) is 2.03. The number of rotatable bonds is 5. The van der Waals surface area contributed by atoms with Crippen LogP contribution in [-0.2, 0) is 9.53 Å². The zero-order chi connectivity index (χ0) is 15.1. The van der Waals surface area contributed by atoms with E-state index in [0.717, 1.165) is 17.2 Å². The van der Waals surface area contributed by atoms with Crippen LogP contribution < -0.4 is 10.1 Å². The zero-order valence-corrected chi connectivity index (χ0v) is 11.9. The summed E-state index contributed by atoms with van der Waals surface area (Å²) < 4.78 is 9.98. The van der Waals surface area contributed by atoms with Crippen molar-refractivity contribution < 1.29 is 19.1 Å². The van der Waals surface area contributed by atoms with Gasteiger partial charge in [0.05, 0.1) is 6.04 Å². The summed E-state index contributed by atoms with van der Waals surface area (Å²) in [7, 11) is 0. The number of esters is 1. The van der Waals surface area contributed by atoms with Gasteiger partial charge in [0.25, 0.3) is 0 Å². The monoisotopic (exact) mass is 277 g/mol. The Morgan fingerprint density at radius 1 is 1.30 bits per heavy atom. The topological polar surface area (TPSA) is 64.6 Å². The maximum Gasteiger partial charge on any atom is 0.412 e. The van der Waals surface area contributed by atoms with Gasteiger partial charge < -0.3 is 14.8 Å². The van der Waals surface area contributed by atoms with Crippen molar-refractivity contribution in [3.63, 3.8) is 0 Å². The van der Waals surface area contributed by atoms with E-state index in [1.807, 2.05) is 19.9 Å². The second-order valence-electron chi connectivity index (χ2n) is 4.59. The summed E-state index contributed by atoms with van der Waals surface area (Å²) in [5, 5.41) is 2.57. The van der Waals surface area contributed by atoms with Crippen molar-refractivity contribution in [1.82, 2.24) is 5.32 Å². The van der Waals surface area contributed by atoms with Crippen molar-refractivity contribution in [2.24, 2.45) is 0 Å². The lowest BCUT2D eigenvalue weighted by atomic mass is 10.1. The number of ether oxygens (including phenoxy) is 2. The molecule has 1 aromatic carbocycles. The first-order valence-corrected chi connectivity index (χ1v) is 6.26. The molecule has 0 heterocycles. The first-order valence-electron chi connectivity index (χ1n) is 6.26. The van der Waals surface area contributed by atoms with Crippen molar-refractivity contribution in [3.8, 4) is 5.75 Å². The molecule has 1 amide bonds. The highest BCUT2D eigenvalue weighted by atomic mass is 16.6. The molecule has 0 aliphatic heterocycles. The second-order valence-corrected chi connectivity index (χ2v) is 4.59. The molecule has 5 heteroatoms. The minimum Gasteiger partial charge on any atom is -0.460 e. The average molecular weight is 277 g/mol. The number of amides is 1. The molecule has 1 rings (SSSR count). The molecule has 5 nitrogen and oxygen atoms in total. The fourth-order valence-electron chi connectivity index (χ4n) is 1.64. The number of carbonyl (C=O) groups excluding carboxylic acids is 2. The van der Waals surface area contributed by atoms with Gasteiger partial charge in [0.2, 0.25) is 0 Å². The van der Waals surface area contributed by atoms with Crippen LogP contribution in [0.5, 0.6) is 5.75 Å². The normalized spacial score (nSPS) is 11.3. The molecule has 20 heavy (non-hydrogen) atoms. The SMILES string of the molecule is C=CC(=O)OC[C@@H](C)NC(=O)Oc1cc(C)cc(C)c1. The summed E-state index contributed by atoms with van der Waals surface area (Å²) in [6, 6.07) is 5.18.